The minimum Gasteiger partial charge on any atom is -0.490 e. The van der Waals surface area contributed by atoms with Gasteiger partial charge in [-0.05, 0) is 118 Å². The summed E-state index contributed by atoms with van der Waals surface area (Å²) in [5, 5.41) is 20.9. The van der Waals surface area contributed by atoms with Gasteiger partial charge in [-0.2, -0.15) is 0 Å². The number of aliphatic hydroxyl groups is 1. The predicted octanol–water partition coefficient (Wildman–Crippen LogP) is 10.8. The molecule has 0 aliphatic carbocycles. The summed E-state index contributed by atoms with van der Waals surface area (Å²) in [5.74, 6) is -0.896. The van der Waals surface area contributed by atoms with Crippen molar-refractivity contribution in [3.8, 4) is 11.5 Å². The third-order valence-corrected chi connectivity index (χ3v) is 13.5. The summed E-state index contributed by atoms with van der Waals surface area (Å²) in [6, 6.07) is 20.5. The quantitative estimate of drug-likeness (QED) is 0.0757. The highest BCUT2D eigenvalue weighted by atomic mass is 35.5. The highest BCUT2D eigenvalue weighted by Crippen LogP contribution is 2.40. The summed E-state index contributed by atoms with van der Waals surface area (Å²) in [4.78, 5) is 55.9. The van der Waals surface area contributed by atoms with Gasteiger partial charge in [0.1, 0.15) is 30.9 Å². The number of anilines is 4. The summed E-state index contributed by atoms with van der Waals surface area (Å²) in [5.41, 5.74) is 3.62. The van der Waals surface area contributed by atoms with Gasteiger partial charge in [0, 0.05) is 51.2 Å². The molecular weight excluding hydrogens is 950 g/mol. The van der Waals surface area contributed by atoms with E-state index in [0.29, 0.717) is 79.5 Å². The molecule has 0 radical (unpaired) electrons. The van der Waals surface area contributed by atoms with Gasteiger partial charge in [0.25, 0.3) is 0 Å². The number of carbonyl (C=O) groups is 4. The van der Waals surface area contributed by atoms with Crippen LogP contribution in [0.4, 0.5) is 22.7 Å². The Hall–Kier alpha value is -4.86. The molecule has 4 aromatic carbocycles. The first-order chi connectivity index (χ1) is 32.7. The van der Waals surface area contributed by atoms with Crippen molar-refractivity contribution in [2.24, 2.45) is 0 Å². The fraction of sp³-hybridized carbons (Fsp3) is 0.412. The number of nitrogens with zero attached hydrogens (tertiary/aromatic N) is 3. The average molecular weight is 1010 g/mol. The normalized spacial score (nSPS) is 17.9. The molecule has 0 bridgehead atoms. The average Bonchev–Trinajstić information content (AvgIpc) is 3.62. The number of aliphatic hydroxyl groups excluding tert-OH is 1. The second-order valence-corrected chi connectivity index (χ2v) is 18.8. The lowest BCUT2D eigenvalue weighted by Crippen LogP contribution is -2.34. The molecule has 4 aromatic rings. The number of ether oxygens (including phenoxy) is 2. The van der Waals surface area contributed by atoms with Crippen LogP contribution in [0.15, 0.2) is 85.5 Å². The molecule has 17 heteroatoms. The number of piperidine rings is 2. The molecule has 0 spiro atoms. The Morgan fingerprint density at radius 3 is 1.79 bits per heavy atom. The van der Waals surface area contributed by atoms with Crippen LogP contribution in [0.25, 0.3) is 0 Å². The number of halogens is 4. The van der Waals surface area contributed by atoms with E-state index in [1.165, 1.54) is 57.3 Å². The van der Waals surface area contributed by atoms with E-state index in [9.17, 15) is 24.3 Å². The van der Waals surface area contributed by atoms with Crippen molar-refractivity contribution < 1.29 is 33.8 Å². The molecule has 4 N–H and O–H groups in total. The highest BCUT2D eigenvalue weighted by Gasteiger charge is 2.41. The maximum atomic E-state index is 13.3. The Labute approximate surface area is 419 Å². The maximum absolute atomic E-state index is 13.3. The van der Waals surface area contributed by atoms with Gasteiger partial charge in [-0.1, -0.05) is 77.5 Å². The van der Waals surface area contributed by atoms with Crippen molar-refractivity contribution in [1.29, 1.82) is 0 Å². The molecule has 3 fully saturated rings. The van der Waals surface area contributed by atoms with Crippen LogP contribution in [0.2, 0.25) is 20.1 Å². The Bertz CT molecular complexity index is 2410. The fourth-order valence-corrected chi connectivity index (χ4v) is 9.19. The number of allylic oxidation sites excluding steroid dienone is 1. The summed E-state index contributed by atoms with van der Waals surface area (Å²) in [7, 11) is 0. The number of amides is 4. The molecule has 3 aliphatic rings. The van der Waals surface area contributed by atoms with Gasteiger partial charge in [0.15, 0.2) is 0 Å². The van der Waals surface area contributed by atoms with Gasteiger partial charge >= 0.3 is 0 Å². The molecule has 68 heavy (non-hydrogen) atoms. The minimum absolute atomic E-state index is 0.191. The number of hydrogen-bond acceptors (Lipinski definition) is 9. The van der Waals surface area contributed by atoms with Gasteiger partial charge in [0.05, 0.1) is 49.0 Å². The molecule has 7 rings (SSSR count). The lowest BCUT2D eigenvalue weighted by molar-refractivity contribution is -0.119. The van der Waals surface area contributed by atoms with E-state index in [2.05, 4.69) is 32.3 Å². The second kappa shape index (κ2) is 25.7. The van der Waals surface area contributed by atoms with Gasteiger partial charge < -0.3 is 30.5 Å². The lowest BCUT2D eigenvalue weighted by Gasteiger charge is -2.26. The molecule has 4 amide bonds. The smallest absolute Gasteiger partial charge is 0.236 e. The summed E-state index contributed by atoms with van der Waals surface area (Å²) in [6.45, 7) is 13.5. The van der Waals surface area contributed by atoms with Crippen LogP contribution in [0, 0.1) is 0 Å². The third-order valence-electron chi connectivity index (χ3n) is 12.0. The monoisotopic (exact) mass is 1010 g/mol. The first kappa shape index (κ1) is 52.5. The van der Waals surface area contributed by atoms with Crippen LogP contribution in [0.3, 0.4) is 0 Å². The van der Waals surface area contributed by atoms with Crippen molar-refractivity contribution in [1.82, 2.24) is 9.80 Å². The maximum Gasteiger partial charge on any atom is 0.236 e. The largest absolute Gasteiger partial charge is 0.490 e. The van der Waals surface area contributed by atoms with E-state index in [4.69, 9.17) is 55.9 Å². The van der Waals surface area contributed by atoms with Crippen molar-refractivity contribution in [3.63, 3.8) is 0 Å². The third kappa shape index (κ3) is 14.8. The summed E-state index contributed by atoms with van der Waals surface area (Å²) < 4.78 is 12.1. The topological polar surface area (TPSA) is 153 Å². The molecule has 3 heterocycles. The zero-order chi connectivity index (χ0) is 48.7. The SMILES string of the molecule is C=CCC(C(=O)Nc1ccc(NC(C)=O)c(OCCN2CCCCC2)c1)c1ccc(Cl)c(Cl)c1.CC(=O)Nc1ccc(N2C(=O)C(c3ccc(Cl)c(Cl)c3)CC2O)cc1OCCN1CCCCC1. The Morgan fingerprint density at radius 2 is 1.25 bits per heavy atom. The zero-order valence-corrected chi connectivity index (χ0v) is 41.5. The molecular formula is C51H60Cl4N6O7. The number of carbonyl (C=O) groups excluding carboxylic acids is 4. The Kier molecular flexibility index (Phi) is 19.8. The predicted molar refractivity (Wildman–Crippen MR) is 273 cm³/mol. The molecule has 3 atom stereocenters. The zero-order valence-electron chi connectivity index (χ0n) is 38.5. The van der Waals surface area contributed by atoms with E-state index in [0.717, 1.165) is 44.8 Å². The molecule has 0 saturated carbocycles. The Balaban J connectivity index is 0.000000224. The van der Waals surface area contributed by atoms with Gasteiger partial charge in [0.2, 0.25) is 23.6 Å². The van der Waals surface area contributed by atoms with E-state index in [1.54, 1.807) is 78.9 Å². The van der Waals surface area contributed by atoms with Gasteiger partial charge in [-0.15, -0.1) is 6.58 Å². The summed E-state index contributed by atoms with van der Waals surface area (Å²) >= 11 is 24.3. The standard InChI is InChI=1S/C26H31Cl2N3O3.C25H29Cl2N3O4/c1-3-7-21(19-8-10-22(27)23(28)16-19)26(33)30-20-9-11-24(29-18(2)32)25(17-20)34-15-14-31-12-5-4-6-13-31;1-16(31)28-22-8-6-18(14-23(22)34-12-11-29-9-3-2-4-10-29)30-24(32)15-19(25(30)33)17-5-7-20(26)21(27)13-17/h3,8-11,16-17,21H,1,4-7,12-15H2,2H3,(H,29,32)(H,30,33);5-8,13-14,19,24,32H,2-4,9-12,15H2,1H3,(H,28,31). The molecule has 364 valence electrons. The lowest BCUT2D eigenvalue weighted by atomic mass is 9.94. The van der Waals surface area contributed by atoms with E-state index >= 15 is 0 Å². The first-order valence-electron chi connectivity index (χ1n) is 23.1. The van der Waals surface area contributed by atoms with E-state index < -0.39 is 18.1 Å². The van der Waals surface area contributed by atoms with E-state index in [1.807, 2.05) is 0 Å². The van der Waals surface area contributed by atoms with Crippen LogP contribution in [-0.2, 0) is 19.2 Å². The molecule has 13 nitrogen and oxygen atoms in total. The molecule has 3 unspecified atom stereocenters. The van der Waals surface area contributed by atoms with Crippen LogP contribution >= 0.6 is 46.4 Å². The van der Waals surface area contributed by atoms with E-state index in [-0.39, 0.29) is 30.0 Å². The first-order valence-corrected chi connectivity index (χ1v) is 24.6. The van der Waals surface area contributed by atoms with Crippen molar-refractivity contribution in [2.75, 3.05) is 73.3 Å². The Morgan fingerprint density at radius 1 is 0.706 bits per heavy atom. The number of nitrogens with one attached hydrogen (secondary N) is 3. The van der Waals surface area contributed by atoms with Crippen LogP contribution in [0.5, 0.6) is 11.5 Å². The molecule has 0 aromatic heterocycles. The summed E-state index contributed by atoms with van der Waals surface area (Å²) in [6.07, 6.45) is 8.72. The fourth-order valence-electron chi connectivity index (χ4n) is 8.58. The number of likely N-dealkylation sites (tertiary alicyclic amines) is 2. The molecule has 3 saturated heterocycles. The number of hydrogen-bond donors (Lipinski definition) is 4. The number of rotatable bonds is 17. The van der Waals surface area contributed by atoms with Gasteiger partial charge in [-0.25, -0.2) is 0 Å². The van der Waals surface area contributed by atoms with Crippen LogP contribution in [0.1, 0.15) is 88.2 Å². The van der Waals surface area contributed by atoms with Crippen LogP contribution in [-0.4, -0.2) is 97.2 Å². The van der Waals surface area contributed by atoms with Crippen molar-refractivity contribution >= 4 is 92.8 Å². The highest BCUT2D eigenvalue weighted by molar-refractivity contribution is 6.42. The molecule has 3 aliphatic heterocycles. The van der Waals surface area contributed by atoms with Crippen molar-refractivity contribution in [2.45, 2.75) is 83.3 Å². The van der Waals surface area contributed by atoms with Crippen LogP contribution < -0.4 is 30.3 Å². The van der Waals surface area contributed by atoms with Crippen molar-refractivity contribution in [3.05, 3.63) is 117 Å². The van der Waals surface area contributed by atoms with Gasteiger partial charge in [-0.3, -0.25) is 33.9 Å². The second-order valence-electron chi connectivity index (χ2n) is 17.1. The number of benzene rings is 4. The minimum atomic E-state index is -1.00.